The fourth-order valence-corrected chi connectivity index (χ4v) is 1.83. The van der Waals surface area contributed by atoms with Crippen LogP contribution in [0.15, 0.2) is 24.3 Å². The van der Waals surface area contributed by atoms with E-state index in [2.05, 4.69) is 5.32 Å². The van der Waals surface area contributed by atoms with Gasteiger partial charge in [-0.05, 0) is 26.3 Å². The van der Waals surface area contributed by atoms with Gasteiger partial charge in [0.25, 0.3) is 0 Å². The summed E-state index contributed by atoms with van der Waals surface area (Å²) in [6.45, 7) is 4.05. The van der Waals surface area contributed by atoms with Gasteiger partial charge in [-0.25, -0.2) is 0 Å². The zero-order valence-corrected chi connectivity index (χ0v) is 11.7. The zero-order valence-electron chi connectivity index (χ0n) is 11.7. The third-order valence-electron chi connectivity index (χ3n) is 2.90. The lowest BCUT2D eigenvalue weighted by molar-refractivity contribution is -0.139. The number of hydrogen-bond donors (Lipinski definition) is 2. The first-order valence-electron chi connectivity index (χ1n) is 6.36. The SMILES string of the molecule is Cc1cccc([C@H](C)NC(C)C(=O)NCC(F)(F)F)c1. The van der Waals surface area contributed by atoms with Crippen LogP contribution in [0.2, 0.25) is 0 Å². The highest BCUT2D eigenvalue weighted by Gasteiger charge is 2.28. The number of nitrogens with one attached hydrogen (secondary N) is 2. The van der Waals surface area contributed by atoms with Crippen molar-refractivity contribution >= 4 is 5.91 Å². The molecule has 1 amide bonds. The van der Waals surface area contributed by atoms with Gasteiger partial charge in [0.15, 0.2) is 0 Å². The van der Waals surface area contributed by atoms with Crippen LogP contribution in [0.5, 0.6) is 0 Å². The van der Waals surface area contributed by atoms with Crippen molar-refractivity contribution in [2.45, 2.75) is 39.0 Å². The number of amides is 1. The maximum atomic E-state index is 12.0. The summed E-state index contributed by atoms with van der Waals surface area (Å²) in [5, 5.41) is 4.84. The van der Waals surface area contributed by atoms with Crippen LogP contribution < -0.4 is 10.6 Å². The highest BCUT2D eigenvalue weighted by Crippen LogP contribution is 2.15. The minimum absolute atomic E-state index is 0.124. The van der Waals surface area contributed by atoms with E-state index < -0.39 is 24.7 Å². The normalized spacial score (nSPS) is 14.7. The fourth-order valence-electron chi connectivity index (χ4n) is 1.83. The molecule has 0 saturated heterocycles. The first-order chi connectivity index (χ1) is 9.19. The molecule has 2 N–H and O–H groups in total. The minimum Gasteiger partial charge on any atom is -0.346 e. The van der Waals surface area contributed by atoms with E-state index in [0.717, 1.165) is 11.1 Å². The van der Waals surface area contributed by atoms with Crippen LogP contribution in [0.1, 0.15) is 31.0 Å². The van der Waals surface area contributed by atoms with E-state index in [-0.39, 0.29) is 6.04 Å². The molecule has 2 atom stereocenters. The molecular formula is C14H19F3N2O. The lowest BCUT2D eigenvalue weighted by Gasteiger charge is -2.20. The fraction of sp³-hybridized carbons (Fsp3) is 0.500. The Morgan fingerprint density at radius 2 is 1.95 bits per heavy atom. The summed E-state index contributed by atoms with van der Waals surface area (Å²) in [6, 6.07) is 6.91. The standard InChI is InChI=1S/C14H19F3N2O/c1-9-5-4-6-12(7-9)10(2)19-11(3)13(20)18-8-14(15,16)17/h4-7,10-11,19H,8H2,1-3H3,(H,18,20)/t10-,11?/m0/s1. The lowest BCUT2D eigenvalue weighted by Crippen LogP contribution is -2.45. The molecule has 112 valence electrons. The number of hydrogen-bond acceptors (Lipinski definition) is 2. The van der Waals surface area contributed by atoms with Crippen molar-refractivity contribution in [1.82, 2.24) is 10.6 Å². The van der Waals surface area contributed by atoms with Crippen molar-refractivity contribution in [2.24, 2.45) is 0 Å². The van der Waals surface area contributed by atoms with Crippen LogP contribution in [-0.2, 0) is 4.79 Å². The van der Waals surface area contributed by atoms with Crippen molar-refractivity contribution in [1.29, 1.82) is 0 Å². The predicted molar refractivity (Wildman–Crippen MR) is 71.3 cm³/mol. The Morgan fingerprint density at radius 3 is 2.50 bits per heavy atom. The second-order valence-corrected chi connectivity index (χ2v) is 4.86. The molecule has 20 heavy (non-hydrogen) atoms. The molecule has 0 aliphatic rings. The molecule has 3 nitrogen and oxygen atoms in total. The monoisotopic (exact) mass is 288 g/mol. The zero-order chi connectivity index (χ0) is 15.3. The second kappa shape index (κ2) is 6.74. The summed E-state index contributed by atoms with van der Waals surface area (Å²) in [4.78, 5) is 11.5. The van der Waals surface area contributed by atoms with Gasteiger partial charge in [-0.15, -0.1) is 0 Å². The Morgan fingerprint density at radius 1 is 1.30 bits per heavy atom. The second-order valence-electron chi connectivity index (χ2n) is 4.86. The number of carbonyl (C=O) groups excluding carboxylic acids is 1. The Hall–Kier alpha value is -1.56. The van der Waals surface area contributed by atoms with Gasteiger partial charge in [-0.1, -0.05) is 29.8 Å². The van der Waals surface area contributed by atoms with E-state index in [9.17, 15) is 18.0 Å². The molecule has 0 fully saturated rings. The van der Waals surface area contributed by atoms with Crippen molar-refractivity contribution in [3.8, 4) is 0 Å². The predicted octanol–water partition coefficient (Wildman–Crippen LogP) is 2.71. The summed E-state index contributed by atoms with van der Waals surface area (Å²) in [5.74, 6) is -0.665. The van der Waals surface area contributed by atoms with E-state index in [0.29, 0.717) is 0 Å². The molecule has 0 aromatic heterocycles. The average Bonchev–Trinajstić information content (AvgIpc) is 2.34. The van der Waals surface area contributed by atoms with Gasteiger partial charge in [0, 0.05) is 6.04 Å². The van der Waals surface area contributed by atoms with E-state index in [1.807, 2.05) is 43.4 Å². The smallest absolute Gasteiger partial charge is 0.346 e. The topological polar surface area (TPSA) is 41.1 Å². The molecule has 0 saturated carbocycles. The number of rotatable bonds is 5. The van der Waals surface area contributed by atoms with E-state index in [4.69, 9.17) is 0 Å². The molecule has 0 aliphatic heterocycles. The van der Waals surface area contributed by atoms with Crippen LogP contribution in [-0.4, -0.2) is 24.7 Å². The number of halogens is 3. The highest BCUT2D eigenvalue weighted by molar-refractivity contribution is 5.81. The molecule has 6 heteroatoms. The molecular weight excluding hydrogens is 269 g/mol. The van der Waals surface area contributed by atoms with Crippen LogP contribution in [0.4, 0.5) is 13.2 Å². The molecule has 1 aromatic carbocycles. The molecule has 1 unspecified atom stereocenters. The van der Waals surface area contributed by atoms with E-state index >= 15 is 0 Å². The van der Waals surface area contributed by atoms with Gasteiger partial charge in [0.05, 0.1) is 6.04 Å². The van der Waals surface area contributed by atoms with Crippen molar-refractivity contribution in [2.75, 3.05) is 6.54 Å². The van der Waals surface area contributed by atoms with Gasteiger partial charge in [-0.2, -0.15) is 13.2 Å². The van der Waals surface area contributed by atoms with E-state index in [1.54, 1.807) is 0 Å². The highest BCUT2D eigenvalue weighted by atomic mass is 19.4. The number of aryl methyl sites for hydroxylation is 1. The average molecular weight is 288 g/mol. The summed E-state index contributed by atoms with van der Waals surface area (Å²) < 4.78 is 36.0. The summed E-state index contributed by atoms with van der Waals surface area (Å²) in [7, 11) is 0. The maximum absolute atomic E-state index is 12.0. The van der Waals surface area contributed by atoms with Crippen molar-refractivity contribution in [3.63, 3.8) is 0 Å². The molecule has 0 bridgehead atoms. The van der Waals surface area contributed by atoms with Crippen molar-refractivity contribution < 1.29 is 18.0 Å². The van der Waals surface area contributed by atoms with Gasteiger partial charge < -0.3 is 5.32 Å². The van der Waals surface area contributed by atoms with Crippen LogP contribution in [0.25, 0.3) is 0 Å². The molecule has 0 radical (unpaired) electrons. The molecule has 1 rings (SSSR count). The van der Waals surface area contributed by atoms with Crippen LogP contribution >= 0.6 is 0 Å². The third-order valence-corrected chi connectivity index (χ3v) is 2.90. The van der Waals surface area contributed by atoms with E-state index in [1.165, 1.54) is 6.92 Å². The first kappa shape index (κ1) is 16.5. The summed E-state index contributed by atoms with van der Waals surface area (Å²) in [5.41, 5.74) is 2.07. The van der Waals surface area contributed by atoms with Crippen LogP contribution in [0, 0.1) is 6.92 Å². The number of alkyl halides is 3. The Labute approximate surface area is 116 Å². The number of carbonyl (C=O) groups is 1. The largest absolute Gasteiger partial charge is 0.405 e. The summed E-state index contributed by atoms with van der Waals surface area (Å²) in [6.07, 6.45) is -4.39. The Balaban J connectivity index is 2.53. The quantitative estimate of drug-likeness (QED) is 0.874. The van der Waals surface area contributed by atoms with Gasteiger partial charge in [0.1, 0.15) is 6.54 Å². The Bertz CT molecular complexity index is 460. The summed E-state index contributed by atoms with van der Waals surface area (Å²) >= 11 is 0. The van der Waals surface area contributed by atoms with Gasteiger partial charge in [-0.3, -0.25) is 10.1 Å². The maximum Gasteiger partial charge on any atom is 0.405 e. The number of benzene rings is 1. The molecule has 0 aliphatic carbocycles. The lowest BCUT2D eigenvalue weighted by atomic mass is 10.1. The van der Waals surface area contributed by atoms with Crippen molar-refractivity contribution in [3.05, 3.63) is 35.4 Å². The molecule has 0 spiro atoms. The Kier molecular flexibility index (Phi) is 5.56. The van der Waals surface area contributed by atoms with Gasteiger partial charge >= 0.3 is 6.18 Å². The first-order valence-corrected chi connectivity index (χ1v) is 6.36. The van der Waals surface area contributed by atoms with Gasteiger partial charge in [0.2, 0.25) is 5.91 Å². The molecule has 1 aromatic rings. The molecule has 0 heterocycles. The minimum atomic E-state index is -4.39. The third kappa shape index (κ3) is 5.61. The van der Waals surface area contributed by atoms with Crippen LogP contribution in [0.3, 0.4) is 0 Å².